The largest absolute Gasteiger partial charge is 0.484 e. The number of halogens is 1. The summed E-state index contributed by atoms with van der Waals surface area (Å²) in [4.78, 5) is 22.4. The molecular formula is C14H15BrN4O3. The molecule has 0 saturated carbocycles. The van der Waals surface area contributed by atoms with Gasteiger partial charge in [-0.3, -0.25) is 14.3 Å². The van der Waals surface area contributed by atoms with E-state index in [1.165, 1.54) is 4.68 Å². The summed E-state index contributed by atoms with van der Waals surface area (Å²) in [5.74, 6) is 0.284. The van der Waals surface area contributed by atoms with Crippen molar-refractivity contribution in [2.24, 2.45) is 5.73 Å². The van der Waals surface area contributed by atoms with Crippen molar-refractivity contribution in [3.05, 3.63) is 41.0 Å². The first-order chi connectivity index (χ1) is 10.5. The number of rotatable bonds is 7. The molecule has 1 aromatic carbocycles. The maximum absolute atomic E-state index is 11.8. The first-order valence-electron chi connectivity index (χ1n) is 6.53. The van der Waals surface area contributed by atoms with Gasteiger partial charge in [-0.2, -0.15) is 5.10 Å². The minimum absolute atomic E-state index is 0.115. The molecule has 0 radical (unpaired) electrons. The zero-order chi connectivity index (χ0) is 15.9. The lowest BCUT2D eigenvalue weighted by molar-refractivity contribution is -0.119. The third-order valence-corrected chi connectivity index (χ3v) is 3.21. The highest BCUT2D eigenvalue weighted by molar-refractivity contribution is 9.10. The fourth-order valence-electron chi connectivity index (χ4n) is 1.64. The van der Waals surface area contributed by atoms with E-state index < -0.39 is 5.91 Å². The second kappa shape index (κ2) is 7.60. The lowest BCUT2D eigenvalue weighted by Gasteiger charge is -2.06. The molecular weight excluding hydrogens is 352 g/mol. The van der Waals surface area contributed by atoms with Crippen LogP contribution in [0, 0.1) is 0 Å². The maximum Gasteiger partial charge on any atom is 0.263 e. The molecule has 0 unspecified atom stereocenters. The van der Waals surface area contributed by atoms with Crippen molar-refractivity contribution >= 4 is 33.6 Å². The number of ether oxygens (including phenoxy) is 1. The topological polar surface area (TPSA) is 99.2 Å². The zero-order valence-electron chi connectivity index (χ0n) is 11.7. The molecule has 0 bridgehead atoms. The molecule has 8 heteroatoms. The molecule has 0 aliphatic carbocycles. The summed E-state index contributed by atoms with van der Waals surface area (Å²) in [5, 5.41) is 6.71. The average molecular weight is 367 g/mol. The summed E-state index contributed by atoms with van der Waals surface area (Å²) < 4.78 is 7.83. The highest BCUT2D eigenvalue weighted by Gasteiger charge is 2.06. The summed E-state index contributed by atoms with van der Waals surface area (Å²) in [6.07, 6.45) is 1.86. The van der Waals surface area contributed by atoms with Gasteiger partial charge in [0.25, 0.3) is 5.91 Å². The Morgan fingerprint density at radius 2 is 2.00 bits per heavy atom. The van der Waals surface area contributed by atoms with Crippen LogP contribution in [0.5, 0.6) is 5.75 Å². The van der Waals surface area contributed by atoms with Gasteiger partial charge < -0.3 is 15.8 Å². The Morgan fingerprint density at radius 3 is 2.68 bits per heavy atom. The van der Waals surface area contributed by atoms with E-state index in [1.54, 1.807) is 24.4 Å². The van der Waals surface area contributed by atoms with Crippen LogP contribution in [0.4, 0.5) is 5.82 Å². The van der Waals surface area contributed by atoms with E-state index in [0.29, 0.717) is 18.1 Å². The molecule has 1 aromatic heterocycles. The van der Waals surface area contributed by atoms with Gasteiger partial charge in [-0.15, -0.1) is 0 Å². The number of nitrogens with zero attached hydrogens (tertiary/aromatic N) is 2. The summed E-state index contributed by atoms with van der Waals surface area (Å²) in [6, 6.07) is 8.81. The molecule has 116 valence electrons. The van der Waals surface area contributed by atoms with Gasteiger partial charge in [0.2, 0.25) is 5.91 Å². The number of carbonyl (C=O) groups excluding carboxylic acids is 2. The van der Waals surface area contributed by atoms with Gasteiger partial charge >= 0.3 is 0 Å². The molecule has 2 amide bonds. The second-order valence-electron chi connectivity index (χ2n) is 4.47. The van der Waals surface area contributed by atoms with Crippen LogP contribution in [0.2, 0.25) is 0 Å². The standard InChI is InChI=1S/C14H15BrN4O3/c15-10-1-3-11(4-2-10)22-9-14(21)17-13-6-8-19(18-13)7-5-12(16)20/h1-4,6,8H,5,7,9H2,(H2,16,20)(H,17,18,21). The minimum atomic E-state index is -0.399. The number of primary amides is 1. The van der Waals surface area contributed by atoms with Crippen LogP contribution in [-0.2, 0) is 16.1 Å². The van der Waals surface area contributed by atoms with Crippen LogP contribution in [-0.4, -0.2) is 28.2 Å². The van der Waals surface area contributed by atoms with E-state index in [-0.39, 0.29) is 18.9 Å². The van der Waals surface area contributed by atoms with E-state index in [1.807, 2.05) is 12.1 Å². The number of benzene rings is 1. The van der Waals surface area contributed by atoms with Gasteiger partial charge in [0.05, 0.1) is 0 Å². The van der Waals surface area contributed by atoms with Crippen LogP contribution < -0.4 is 15.8 Å². The van der Waals surface area contributed by atoms with Gasteiger partial charge in [0.15, 0.2) is 12.4 Å². The molecule has 7 nitrogen and oxygen atoms in total. The smallest absolute Gasteiger partial charge is 0.263 e. The van der Waals surface area contributed by atoms with Crippen molar-refractivity contribution in [2.45, 2.75) is 13.0 Å². The fourth-order valence-corrected chi connectivity index (χ4v) is 1.90. The maximum atomic E-state index is 11.8. The number of carbonyl (C=O) groups is 2. The molecule has 2 aromatic rings. The van der Waals surface area contributed by atoms with E-state index in [2.05, 4.69) is 26.3 Å². The van der Waals surface area contributed by atoms with Gasteiger partial charge in [0.1, 0.15) is 5.75 Å². The van der Waals surface area contributed by atoms with E-state index >= 15 is 0 Å². The number of aryl methyl sites for hydroxylation is 1. The molecule has 2 rings (SSSR count). The van der Waals surface area contributed by atoms with Crippen LogP contribution >= 0.6 is 15.9 Å². The Morgan fingerprint density at radius 1 is 1.27 bits per heavy atom. The predicted molar refractivity (Wildman–Crippen MR) is 84.3 cm³/mol. The molecule has 0 saturated heterocycles. The Bertz CT molecular complexity index is 654. The van der Waals surface area contributed by atoms with Crippen molar-refractivity contribution < 1.29 is 14.3 Å². The van der Waals surface area contributed by atoms with Crippen molar-refractivity contribution in [1.29, 1.82) is 0 Å². The third-order valence-electron chi connectivity index (χ3n) is 2.68. The van der Waals surface area contributed by atoms with E-state index in [9.17, 15) is 9.59 Å². The monoisotopic (exact) mass is 366 g/mol. The summed E-state index contributed by atoms with van der Waals surface area (Å²) in [5.41, 5.74) is 5.06. The number of hydrogen-bond acceptors (Lipinski definition) is 4. The lowest BCUT2D eigenvalue weighted by atomic mass is 10.3. The molecule has 3 N–H and O–H groups in total. The van der Waals surface area contributed by atoms with E-state index in [4.69, 9.17) is 10.5 Å². The Hall–Kier alpha value is -2.35. The van der Waals surface area contributed by atoms with Crippen molar-refractivity contribution in [2.75, 3.05) is 11.9 Å². The lowest BCUT2D eigenvalue weighted by Crippen LogP contribution is -2.20. The number of hydrogen-bond donors (Lipinski definition) is 2. The SMILES string of the molecule is NC(=O)CCn1ccc(NC(=O)COc2ccc(Br)cc2)n1. The quantitative estimate of drug-likeness (QED) is 0.775. The number of anilines is 1. The van der Waals surface area contributed by atoms with Crippen LogP contribution in [0.1, 0.15) is 6.42 Å². The first-order valence-corrected chi connectivity index (χ1v) is 7.32. The molecule has 0 fully saturated rings. The van der Waals surface area contributed by atoms with Crippen molar-refractivity contribution in [3.63, 3.8) is 0 Å². The number of amides is 2. The average Bonchev–Trinajstić information content (AvgIpc) is 2.92. The first kappa shape index (κ1) is 16.0. The molecule has 0 spiro atoms. The normalized spacial score (nSPS) is 10.2. The van der Waals surface area contributed by atoms with Gasteiger partial charge in [0, 0.05) is 29.7 Å². The number of nitrogens with two attached hydrogens (primary N) is 1. The van der Waals surface area contributed by atoms with Gasteiger partial charge in [-0.1, -0.05) is 15.9 Å². The minimum Gasteiger partial charge on any atom is -0.484 e. The summed E-state index contributed by atoms with van der Waals surface area (Å²) in [7, 11) is 0. The molecule has 0 aliphatic heterocycles. The van der Waals surface area contributed by atoms with Crippen LogP contribution in [0.15, 0.2) is 41.0 Å². The zero-order valence-corrected chi connectivity index (χ0v) is 13.2. The van der Waals surface area contributed by atoms with E-state index in [0.717, 1.165) is 4.47 Å². The van der Waals surface area contributed by atoms with Crippen LogP contribution in [0.25, 0.3) is 0 Å². The fraction of sp³-hybridized carbons (Fsp3) is 0.214. The molecule has 1 heterocycles. The molecule has 0 aliphatic rings. The molecule has 22 heavy (non-hydrogen) atoms. The summed E-state index contributed by atoms with van der Waals surface area (Å²) >= 11 is 3.32. The highest BCUT2D eigenvalue weighted by atomic mass is 79.9. The van der Waals surface area contributed by atoms with Gasteiger partial charge in [-0.05, 0) is 24.3 Å². The second-order valence-corrected chi connectivity index (χ2v) is 5.39. The van der Waals surface area contributed by atoms with Crippen molar-refractivity contribution in [1.82, 2.24) is 9.78 Å². The van der Waals surface area contributed by atoms with Gasteiger partial charge in [-0.25, -0.2) is 0 Å². The third kappa shape index (κ3) is 5.21. The Labute approximate surface area is 135 Å². The Balaban J connectivity index is 1.79. The predicted octanol–water partition coefficient (Wildman–Crippen LogP) is 1.54. The van der Waals surface area contributed by atoms with Crippen molar-refractivity contribution in [3.8, 4) is 5.75 Å². The summed E-state index contributed by atoms with van der Waals surface area (Å²) in [6.45, 7) is 0.260. The number of nitrogens with one attached hydrogen (secondary N) is 1. The highest BCUT2D eigenvalue weighted by Crippen LogP contribution is 2.16. The van der Waals surface area contributed by atoms with Crippen LogP contribution in [0.3, 0.4) is 0 Å². The molecule has 0 atom stereocenters. The number of aromatic nitrogens is 2. The Kier molecular flexibility index (Phi) is 5.54.